The van der Waals surface area contributed by atoms with Crippen LogP contribution in [-0.2, 0) is 0 Å². The Kier molecular flexibility index (Phi) is 5.58. The molecular formula is C18H21ClFN5O. The molecule has 2 aromatic rings. The van der Waals surface area contributed by atoms with Gasteiger partial charge in [-0.3, -0.25) is 4.79 Å². The maximum atomic E-state index is 14.5. The van der Waals surface area contributed by atoms with Gasteiger partial charge in [-0.15, -0.1) is 0 Å². The predicted octanol–water partition coefficient (Wildman–Crippen LogP) is 3.40. The number of aromatic nitrogens is 1. The summed E-state index contributed by atoms with van der Waals surface area (Å²) < 4.78 is 14.5. The molecule has 0 bridgehead atoms. The molecule has 0 unspecified atom stereocenters. The molecular weight excluding hydrogens is 357 g/mol. The van der Waals surface area contributed by atoms with Gasteiger partial charge in [-0.05, 0) is 37.1 Å². The van der Waals surface area contributed by atoms with Crippen LogP contribution in [0.5, 0.6) is 0 Å². The average Bonchev–Trinajstić information content (AvgIpc) is 2.59. The van der Waals surface area contributed by atoms with Crippen LogP contribution < -0.4 is 22.1 Å². The van der Waals surface area contributed by atoms with Crippen LogP contribution in [0, 0.1) is 5.82 Å². The number of nitrogens with two attached hydrogens (primary N) is 2. The number of nitrogens with one attached hydrogen (secondary N) is 2. The largest absolute Gasteiger partial charge is 0.365 e. The number of benzene rings is 1. The minimum Gasteiger partial charge on any atom is -0.365 e. The number of primary amides is 1. The van der Waals surface area contributed by atoms with Gasteiger partial charge < -0.3 is 22.1 Å². The molecule has 0 radical (unpaired) electrons. The summed E-state index contributed by atoms with van der Waals surface area (Å²) >= 11 is 5.98. The van der Waals surface area contributed by atoms with Crippen molar-refractivity contribution in [3.8, 4) is 0 Å². The fraction of sp³-hybridized carbons (Fsp3) is 0.333. The number of rotatable bonds is 5. The van der Waals surface area contributed by atoms with Crippen molar-refractivity contribution in [1.82, 2.24) is 4.98 Å². The van der Waals surface area contributed by atoms with E-state index in [1.54, 1.807) is 24.3 Å². The number of nitrogens with zero attached hydrogens (tertiary/aromatic N) is 1. The maximum Gasteiger partial charge on any atom is 0.252 e. The highest BCUT2D eigenvalue weighted by atomic mass is 35.5. The number of halogens is 2. The third kappa shape index (κ3) is 4.23. The number of carbonyl (C=O) groups is 1. The molecule has 8 heteroatoms. The number of pyridine rings is 1. The van der Waals surface area contributed by atoms with Crippen molar-refractivity contribution in [3.63, 3.8) is 0 Å². The minimum atomic E-state index is -0.776. The highest BCUT2D eigenvalue weighted by Crippen LogP contribution is 2.27. The van der Waals surface area contributed by atoms with Crippen molar-refractivity contribution < 1.29 is 9.18 Å². The van der Waals surface area contributed by atoms with Crippen LogP contribution in [0.4, 0.5) is 21.7 Å². The first-order chi connectivity index (χ1) is 12.4. The Bertz CT molecular complexity index is 816. The Hall–Kier alpha value is -2.38. The molecule has 1 aromatic carbocycles. The van der Waals surface area contributed by atoms with Gasteiger partial charge in [0.15, 0.2) is 11.6 Å². The fourth-order valence-electron chi connectivity index (χ4n) is 3.09. The van der Waals surface area contributed by atoms with Crippen molar-refractivity contribution in [2.75, 3.05) is 10.6 Å². The van der Waals surface area contributed by atoms with E-state index >= 15 is 0 Å². The maximum absolute atomic E-state index is 14.5. The Labute approximate surface area is 156 Å². The van der Waals surface area contributed by atoms with E-state index in [-0.39, 0.29) is 29.3 Å². The third-order valence-electron chi connectivity index (χ3n) is 4.47. The first-order valence-corrected chi connectivity index (χ1v) is 8.87. The molecule has 0 aliphatic heterocycles. The highest BCUT2D eigenvalue weighted by Gasteiger charge is 2.24. The Morgan fingerprint density at radius 2 is 2.00 bits per heavy atom. The molecule has 0 saturated heterocycles. The second-order valence-corrected chi connectivity index (χ2v) is 6.85. The zero-order valence-electron chi connectivity index (χ0n) is 14.1. The fourth-order valence-corrected chi connectivity index (χ4v) is 3.28. The Morgan fingerprint density at radius 1 is 1.23 bits per heavy atom. The second kappa shape index (κ2) is 7.88. The van der Waals surface area contributed by atoms with E-state index in [1.807, 2.05) is 0 Å². The zero-order chi connectivity index (χ0) is 18.7. The number of anilines is 3. The molecule has 1 heterocycles. The van der Waals surface area contributed by atoms with Gasteiger partial charge in [0, 0.05) is 22.8 Å². The topological polar surface area (TPSA) is 106 Å². The molecule has 26 heavy (non-hydrogen) atoms. The summed E-state index contributed by atoms with van der Waals surface area (Å²) in [5.41, 5.74) is 12.1. The summed E-state index contributed by atoms with van der Waals surface area (Å²) in [6.45, 7) is 0. The lowest BCUT2D eigenvalue weighted by Gasteiger charge is -2.30. The van der Waals surface area contributed by atoms with Crippen LogP contribution in [0.1, 0.15) is 36.0 Å². The molecule has 1 aliphatic rings. The van der Waals surface area contributed by atoms with Crippen molar-refractivity contribution in [2.24, 2.45) is 11.5 Å². The van der Waals surface area contributed by atoms with E-state index in [1.165, 1.54) is 0 Å². The van der Waals surface area contributed by atoms with Crippen LogP contribution in [0.15, 0.2) is 30.3 Å². The van der Waals surface area contributed by atoms with Crippen LogP contribution in [-0.4, -0.2) is 23.0 Å². The Balaban J connectivity index is 1.92. The van der Waals surface area contributed by atoms with Crippen molar-refractivity contribution in [2.45, 2.75) is 37.8 Å². The molecule has 1 saturated carbocycles. The standard InChI is InChI=1S/C18H21ClFN5O/c19-10-4-3-5-11(8-10)23-17-12(16(22)26)9-13(20)18(25-17)24-15-7-2-1-6-14(15)21/h3-5,8-9,14-15H,1-2,6-7,21H2,(H2,22,26)(H2,23,24,25)/t14-,15+/m0/s1. The summed E-state index contributed by atoms with van der Waals surface area (Å²) in [5.74, 6) is -1.22. The van der Waals surface area contributed by atoms with Crippen LogP contribution in [0.2, 0.25) is 5.02 Å². The quantitative estimate of drug-likeness (QED) is 0.639. The number of amides is 1. The van der Waals surface area contributed by atoms with Crippen molar-refractivity contribution in [3.05, 3.63) is 46.7 Å². The predicted molar refractivity (Wildman–Crippen MR) is 101 cm³/mol. The van der Waals surface area contributed by atoms with Gasteiger partial charge in [0.2, 0.25) is 0 Å². The van der Waals surface area contributed by atoms with Gasteiger partial charge in [-0.1, -0.05) is 30.5 Å². The smallest absolute Gasteiger partial charge is 0.252 e. The molecule has 6 nitrogen and oxygen atoms in total. The van der Waals surface area contributed by atoms with E-state index in [0.29, 0.717) is 10.7 Å². The Morgan fingerprint density at radius 3 is 2.69 bits per heavy atom. The summed E-state index contributed by atoms with van der Waals surface area (Å²) in [6.07, 6.45) is 3.82. The van der Waals surface area contributed by atoms with Crippen LogP contribution in [0.25, 0.3) is 0 Å². The van der Waals surface area contributed by atoms with Crippen LogP contribution >= 0.6 is 11.6 Å². The van der Waals surface area contributed by atoms with Gasteiger partial charge in [0.05, 0.1) is 5.56 Å². The highest BCUT2D eigenvalue weighted by molar-refractivity contribution is 6.30. The molecule has 1 aromatic heterocycles. The summed E-state index contributed by atoms with van der Waals surface area (Å²) in [6, 6.07) is 7.84. The third-order valence-corrected chi connectivity index (χ3v) is 4.71. The van der Waals surface area contributed by atoms with E-state index in [0.717, 1.165) is 31.7 Å². The van der Waals surface area contributed by atoms with Gasteiger partial charge >= 0.3 is 0 Å². The molecule has 6 N–H and O–H groups in total. The lowest BCUT2D eigenvalue weighted by atomic mass is 9.91. The molecule has 0 spiro atoms. The van der Waals surface area contributed by atoms with Gasteiger partial charge in [0.25, 0.3) is 5.91 Å². The lowest BCUT2D eigenvalue weighted by Crippen LogP contribution is -2.43. The minimum absolute atomic E-state index is 0.0408. The average molecular weight is 378 g/mol. The monoisotopic (exact) mass is 377 g/mol. The van der Waals surface area contributed by atoms with Gasteiger partial charge in [0.1, 0.15) is 5.82 Å². The molecule has 1 aliphatic carbocycles. The number of hydrogen-bond donors (Lipinski definition) is 4. The molecule has 1 amide bonds. The van der Waals surface area contributed by atoms with E-state index in [2.05, 4.69) is 15.6 Å². The van der Waals surface area contributed by atoms with Gasteiger partial charge in [-0.25, -0.2) is 9.37 Å². The number of carbonyl (C=O) groups excluding carboxylic acids is 1. The molecule has 3 rings (SSSR count). The molecule has 2 atom stereocenters. The summed E-state index contributed by atoms with van der Waals surface area (Å²) in [5, 5.41) is 6.57. The molecule has 1 fully saturated rings. The summed E-state index contributed by atoms with van der Waals surface area (Å²) in [7, 11) is 0. The first-order valence-electron chi connectivity index (χ1n) is 8.49. The van der Waals surface area contributed by atoms with Crippen molar-refractivity contribution >= 4 is 34.8 Å². The second-order valence-electron chi connectivity index (χ2n) is 6.41. The number of hydrogen-bond acceptors (Lipinski definition) is 5. The van der Waals surface area contributed by atoms with Crippen molar-refractivity contribution in [1.29, 1.82) is 0 Å². The first kappa shape index (κ1) is 18.4. The SMILES string of the molecule is NC(=O)c1cc(F)c(N[C@@H]2CCCC[C@@H]2N)nc1Nc1cccc(Cl)c1. The van der Waals surface area contributed by atoms with E-state index < -0.39 is 11.7 Å². The summed E-state index contributed by atoms with van der Waals surface area (Å²) in [4.78, 5) is 15.9. The van der Waals surface area contributed by atoms with Crippen LogP contribution in [0.3, 0.4) is 0 Å². The van der Waals surface area contributed by atoms with E-state index in [4.69, 9.17) is 23.1 Å². The van der Waals surface area contributed by atoms with E-state index in [9.17, 15) is 9.18 Å². The lowest BCUT2D eigenvalue weighted by molar-refractivity contribution is 0.100. The normalized spacial score (nSPS) is 19.8. The zero-order valence-corrected chi connectivity index (χ0v) is 14.9. The van der Waals surface area contributed by atoms with Gasteiger partial charge in [-0.2, -0.15) is 0 Å². The molecule has 138 valence electrons.